The summed E-state index contributed by atoms with van der Waals surface area (Å²) in [4.78, 5) is 0.220. The first kappa shape index (κ1) is 21.9. The van der Waals surface area contributed by atoms with Gasteiger partial charge in [-0.2, -0.15) is 5.10 Å². The molecule has 0 fully saturated rings. The number of nitrogens with one attached hydrogen (secondary N) is 2. The zero-order valence-electron chi connectivity index (χ0n) is 18.8. The number of aromatic amines is 1. The first-order chi connectivity index (χ1) is 15.1. The molecule has 4 rings (SSSR count). The van der Waals surface area contributed by atoms with E-state index >= 15 is 0 Å². The molecule has 0 saturated carbocycles. The standard InChI is InChI=1S/C25H28N4O2S/c1-15(2)19-7-9-21(10-8-19)32(30,31)28-23-12-11-22(16(3)4)24-17(5)29(18(6)25(23)24)20-13-26-27-14-20/h7-16,28H,5-6H2,1-4H3,(H,26,27). The van der Waals surface area contributed by atoms with E-state index in [0.717, 1.165) is 32.9 Å². The van der Waals surface area contributed by atoms with Crippen molar-refractivity contribution in [2.24, 2.45) is 0 Å². The van der Waals surface area contributed by atoms with Crippen LogP contribution < -0.4 is 15.4 Å². The lowest BCUT2D eigenvalue weighted by Crippen LogP contribution is -2.23. The number of hydrogen-bond donors (Lipinski definition) is 2. The summed E-state index contributed by atoms with van der Waals surface area (Å²) in [6.07, 6.45) is 3.45. The molecule has 2 aromatic carbocycles. The van der Waals surface area contributed by atoms with Crippen molar-refractivity contribution in [1.82, 2.24) is 14.8 Å². The quantitative estimate of drug-likeness (QED) is 0.463. The van der Waals surface area contributed by atoms with E-state index in [1.165, 1.54) is 0 Å². The third-order valence-corrected chi connectivity index (χ3v) is 7.20. The van der Waals surface area contributed by atoms with Crippen LogP contribution in [0.3, 0.4) is 0 Å². The Morgan fingerprint density at radius 2 is 1.59 bits per heavy atom. The number of benzene rings is 2. The molecule has 0 aliphatic carbocycles. The Kier molecular flexibility index (Phi) is 5.46. The molecule has 0 atom stereocenters. The second-order valence-corrected chi connectivity index (χ2v) is 10.3. The molecule has 0 amide bonds. The molecule has 0 bridgehead atoms. The number of aromatic nitrogens is 3. The molecule has 0 spiro atoms. The maximum absolute atomic E-state index is 13.2. The van der Waals surface area contributed by atoms with Crippen molar-refractivity contribution in [3.05, 3.63) is 70.6 Å². The minimum atomic E-state index is -3.78. The summed E-state index contributed by atoms with van der Waals surface area (Å²) in [5, 5.41) is 9.90. The van der Waals surface area contributed by atoms with Crippen LogP contribution in [0.2, 0.25) is 0 Å². The second-order valence-electron chi connectivity index (χ2n) is 8.62. The Labute approximate surface area is 188 Å². The third-order valence-electron chi connectivity index (χ3n) is 5.82. The highest BCUT2D eigenvalue weighted by Crippen LogP contribution is 2.29. The van der Waals surface area contributed by atoms with Gasteiger partial charge in [0.2, 0.25) is 0 Å². The fraction of sp³-hybridized carbons (Fsp3) is 0.240. The van der Waals surface area contributed by atoms with Gasteiger partial charge >= 0.3 is 0 Å². The van der Waals surface area contributed by atoms with E-state index < -0.39 is 10.0 Å². The Morgan fingerprint density at radius 3 is 2.16 bits per heavy atom. The van der Waals surface area contributed by atoms with E-state index in [1.807, 2.05) is 28.8 Å². The van der Waals surface area contributed by atoms with Crippen molar-refractivity contribution in [3.8, 4) is 5.69 Å². The molecule has 0 aliphatic rings. The molecule has 6 nitrogen and oxygen atoms in total. The molecule has 2 aromatic heterocycles. The highest BCUT2D eigenvalue weighted by molar-refractivity contribution is 7.92. The Hall–Kier alpha value is -3.32. The third kappa shape index (κ3) is 3.62. The molecule has 0 unspecified atom stereocenters. The molecule has 2 N–H and O–H groups in total. The average Bonchev–Trinajstić information content (AvgIpc) is 3.35. The fourth-order valence-corrected chi connectivity index (χ4v) is 5.17. The van der Waals surface area contributed by atoms with E-state index in [0.29, 0.717) is 17.0 Å². The zero-order chi connectivity index (χ0) is 23.2. The lowest BCUT2D eigenvalue weighted by atomic mass is 9.97. The van der Waals surface area contributed by atoms with Gasteiger partial charge in [0.05, 0.1) is 22.5 Å². The van der Waals surface area contributed by atoms with Gasteiger partial charge in [-0.25, -0.2) is 8.42 Å². The largest absolute Gasteiger partial charge is 0.307 e. The maximum Gasteiger partial charge on any atom is 0.261 e. The average molecular weight is 449 g/mol. The smallest absolute Gasteiger partial charge is 0.261 e. The van der Waals surface area contributed by atoms with Crippen LogP contribution in [0, 0.1) is 0 Å². The van der Waals surface area contributed by atoms with Crippen LogP contribution in [0.1, 0.15) is 50.7 Å². The lowest BCUT2D eigenvalue weighted by Gasteiger charge is -2.14. The van der Waals surface area contributed by atoms with Crippen molar-refractivity contribution in [2.45, 2.75) is 44.4 Å². The van der Waals surface area contributed by atoms with Crippen LogP contribution in [-0.4, -0.2) is 23.2 Å². The van der Waals surface area contributed by atoms with Crippen LogP contribution in [0.15, 0.2) is 53.7 Å². The number of rotatable bonds is 6. The van der Waals surface area contributed by atoms with Crippen LogP contribution in [-0.2, 0) is 10.0 Å². The fourth-order valence-electron chi connectivity index (χ4n) is 4.10. The van der Waals surface area contributed by atoms with Crippen molar-refractivity contribution >= 4 is 39.6 Å². The summed E-state index contributed by atoms with van der Waals surface area (Å²) >= 11 is 0. The zero-order valence-corrected chi connectivity index (χ0v) is 19.6. The maximum atomic E-state index is 13.2. The number of nitrogens with zero attached hydrogens (tertiary/aromatic N) is 2. The van der Waals surface area contributed by atoms with Gasteiger partial charge in [-0.1, -0.05) is 59.1 Å². The van der Waals surface area contributed by atoms with Crippen molar-refractivity contribution in [3.63, 3.8) is 0 Å². The molecule has 7 heteroatoms. The predicted molar refractivity (Wildman–Crippen MR) is 131 cm³/mol. The number of H-pyrrole nitrogens is 1. The number of anilines is 1. The van der Waals surface area contributed by atoms with Gasteiger partial charge in [0, 0.05) is 27.7 Å². The van der Waals surface area contributed by atoms with Gasteiger partial charge in [0.25, 0.3) is 10.0 Å². The summed E-state index contributed by atoms with van der Waals surface area (Å²) in [6, 6.07) is 10.8. The van der Waals surface area contributed by atoms with E-state index in [4.69, 9.17) is 0 Å². The van der Waals surface area contributed by atoms with Crippen molar-refractivity contribution < 1.29 is 8.42 Å². The lowest BCUT2D eigenvalue weighted by molar-refractivity contribution is 0.601. The monoisotopic (exact) mass is 448 g/mol. The minimum absolute atomic E-state index is 0.220. The summed E-state index contributed by atoms with van der Waals surface area (Å²) in [5.74, 6) is 0.557. The molecule has 0 saturated heterocycles. The van der Waals surface area contributed by atoms with Gasteiger partial charge in [-0.05, 0) is 41.2 Å². The minimum Gasteiger partial charge on any atom is -0.307 e. The Morgan fingerprint density at radius 1 is 0.938 bits per heavy atom. The molecule has 166 valence electrons. The second kappa shape index (κ2) is 7.98. The SMILES string of the molecule is C=c1c2c(NS(=O)(=O)c3ccc(C(C)C)cc3)ccc(C(C)C)c2c(=C)n1-c1cn[nH]c1. The van der Waals surface area contributed by atoms with Gasteiger partial charge in [-0.15, -0.1) is 0 Å². The number of sulfonamides is 1. The topological polar surface area (TPSA) is 79.8 Å². The van der Waals surface area contributed by atoms with Gasteiger partial charge in [-0.3, -0.25) is 9.82 Å². The first-order valence-electron chi connectivity index (χ1n) is 10.6. The molecule has 4 aromatic rings. The highest BCUT2D eigenvalue weighted by atomic mass is 32.2. The van der Waals surface area contributed by atoms with E-state index in [-0.39, 0.29) is 10.8 Å². The normalized spacial score (nSPS) is 12.2. The molecule has 0 aliphatic heterocycles. The summed E-state index contributed by atoms with van der Waals surface area (Å²) < 4.78 is 31.1. The number of fused-ring (bicyclic) bond motifs is 1. The predicted octanol–water partition coefficient (Wildman–Crippen LogP) is 4.22. The molecule has 32 heavy (non-hydrogen) atoms. The van der Waals surface area contributed by atoms with Crippen molar-refractivity contribution in [2.75, 3.05) is 4.72 Å². The van der Waals surface area contributed by atoms with Gasteiger partial charge in [0.1, 0.15) is 0 Å². The first-order valence-corrected chi connectivity index (χ1v) is 12.1. The Bertz CT molecular complexity index is 1480. The van der Waals surface area contributed by atoms with E-state index in [2.05, 4.69) is 55.8 Å². The molecular weight excluding hydrogens is 420 g/mol. The summed E-state index contributed by atoms with van der Waals surface area (Å²) in [5.41, 5.74) is 3.45. The van der Waals surface area contributed by atoms with E-state index in [1.54, 1.807) is 24.5 Å². The molecule has 2 heterocycles. The van der Waals surface area contributed by atoms with Crippen molar-refractivity contribution in [1.29, 1.82) is 0 Å². The molecule has 0 radical (unpaired) electrons. The van der Waals surface area contributed by atoms with E-state index in [9.17, 15) is 8.42 Å². The van der Waals surface area contributed by atoms with Gasteiger partial charge in [0.15, 0.2) is 0 Å². The Balaban J connectivity index is 1.90. The van der Waals surface area contributed by atoms with Gasteiger partial charge < -0.3 is 4.57 Å². The number of hydrogen-bond acceptors (Lipinski definition) is 3. The molecular formula is C25H28N4O2S. The van der Waals surface area contributed by atoms with Crippen LogP contribution in [0.25, 0.3) is 29.6 Å². The van der Waals surface area contributed by atoms with Crippen LogP contribution in [0.4, 0.5) is 5.69 Å². The highest BCUT2D eigenvalue weighted by Gasteiger charge is 2.21. The van der Waals surface area contributed by atoms with Crippen LogP contribution in [0.5, 0.6) is 0 Å². The van der Waals surface area contributed by atoms with Crippen LogP contribution >= 0.6 is 0 Å². The summed E-state index contributed by atoms with van der Waals surface area (Å²) in [7, 11) is -3.78. The summed E-state index contributed by atoms with van der Waals surface area (Å²) in [6.45, 7) is 16.9.